The van der Waals surface area contributed by atoms with Gasteiger partial charge >= 0.3 is 0 Å². The monoisotopic (exact) mass is 384 g/mol. The molecule has 3 aromatic rings. The van der Waals surface area contributed by atoms with Gasteiger partial charge in [0, 0.05) is 4.88 Å². The van der Waals surface area contributed by atoms with E-state index in [0.29, 0.717) is 22.4 Å². The highest BCUT2D eigenvalue weighted by Crippen LogP contribution is 2.33. The summed E-state index contributed by atoms with van der Waals surface area (Å²) in [6.45, 7) is -0.0874. The molecule has 7 heteroatoms. The zero-order chi connectivity index (χ0) is 19.0. The summed E-state index contributed by atoms with van der Waals surface area (Å²) in [6, 6.07) is 5.04. The standard InChI is InChI=1S/C20H20N2O4S/c1-25-12-7-8-16(26-2)14(9-12)15(23)10-22-11-21-19-18(20(22)24)13-5-3-4-6-17(13)27-19/h7-9,11H,3-6,10H2,1-2H3. The number of carbonyl (C=O) groups excluding carboxylic acids is 1. The maximum Gasteiger partial charge on any atom is 0.262 e. The molecule has 0 saturated carbocycles. The van der Waals surface area contributed by atoms with Crippen molar-refractivity contribution in [2.45, 2.75) is 32.2 Å². The molecule has 0 spiro atoms. The normalized spacial score (nSPS) is 13.4. The first-order chi connectivity index (χ1) is 13.1. The quantitative estimate of drug-likeness (QED) is 0.632. The van der Waals surface area contributed by atoms with Gasteiger partial charge in [-0.2, -0.15) is 0 Å². The van der Waals surface area contributed by atoms with Crippen molar-refractivity contribution in [2.75, 3.05) is 14.2 Å². The molecule has 1 aliphatic carbocycles. The largest absolute Gasteiger partial charge is 0.497 e. The number of rotatable bonds is 5. The van der Waals surface area contributed by atoms with E-state index in [1.165, 1.54) is 30.0 Å². The van der Waals surface area contributed by atoms with Gasteiger partial charge in [-0.3, -0.25) is 14.2 Å². The van der Waals surface area contributed by atoms with Crippen LogP contribution in [0, 0.1) is 0 Å². The summed E-state index contributed by atoms with van der Waals surface area (Å²) in [5, 5.41) is 0.683. The van der Waals surface area contributed by atoms with Crippen molar-refractivity contribution in [1.29, 1.82) is 0 Å². The maximum atomic E-state index is 13.0. The third-order valence-corrected chi connectivity index (χ3v) is 6.16. The molecule has 0 bridgehead atoms. The molecule has 140 valence electrons. The van der Waals surface area contributed by atoms with E-state index in [0.717, 1.165) is 36.1 Å². The fourth-order valence-corrected chi connectivity index (χ4v) is 4.79. The topological polar surface area (TPSA) is 70.4 Å². The SMILES string of the molecule is COc1ccc(OC)c(C(=O)Cn2cnc3sc4c(c3c2=O)CCCC4)c1. The highest BCUT2D eigenvalue weighted by Gasteiger charge is 2.21. The highest BCUT2D eigenvalue weighted by atomic mass is 32.1. The van der Waals surface area contributed by atoms with Crippen LogP contribution >= 0.6 is 11.3 Å². The molecule has 27 heavy (non-hydrogen) atoms. The zero-order valence-corrected chi connectivity index (χ0v) is 16.1. The first kappa shape index (κ1) is 17.7. The molecule has 2 aromatic heterocycles. The van der Waals surface area contributed by atoms with Crippen LogP contribution < -0.4 is 15.0 Å². The van der Waals surface area contributed by atoms with Crippen molar-refractivity contribution in [2.24, 2.45) is 0 Å². The van der Waals surface area contributed by atoms with Crippen LogP contribution in [0.5, 0.6) is 11.5 Å². The smallest absolute Gasteiger partial charge is 0.262 e. The Kier molecular flexibility index (Phi) is 4.70. The second-order valence-electron chi connectivity index (χ2n) is 6.56. The summed E-state index contributed by atoms with van der Waals surface area (Å²) in [4.78, 5) is 32.4. The van der Waals surface area contributed by atoms with E-state index >= 15 is 0 Å². The van der Waals surface area contributed by atoms with Gasteiger partial charge in [0.1, 0.15) is 16.3 Å². The van der Waals surface area contributed by atoms with Crippen LogP contribution in [0.15, 0.2) is 29.3 Å². The van der Waals surface area contributed by atoms with Crippen molar-refractivity contribution >= 4 is 27.3 Å². The molecule has 0 unspecified atom stereocenters. The van der Waals surface area contributed by atoms with Gasteiger partial charge in [-0.1, -0.05) is 0 Å². The van der Waals surface area contributed by atoms with Gasteiger partial charge in [0.15, 0.2) is 5.78 Å². The predicted molar refractivity (Wildman–Crippen MR) is 104 cm³/mol. The van der Waals surface area contributed by atoms with Gasteiger partial charge in [-0.15, -0.1) is 11.3 Å². The Labute approximate surface area is 160 Å². The number of thiophene rings is 1. The Balaban J connectivity index is 1.73. The van der Waals surface area contributed by atoms with Crippen LogP contribution in [0.1, 0.15) is 33.6 Å². The van der Waals surface area contributed by atoms with Crippen LogP contribution in [0.2, 0.25) is 0 Å². The van der Waals surface area contributed by atoms with E-state index in [4.69, 9.17) is 9.47 Å². The van der Waals surface area contributed by atoms with Crippen molar-refractivity contribution in [3.63, 3.8) is 0 Å². The van der Waals surface area contributed by atoms with E-state index in [2.05, 4.69) is 4.98 Å². The minimum atomic E-state index is -0.224. The van der Waals surface area contributed by atoms with Crippen molar-refractivity contribution in [3.05, 3.63) is 50.9 Å². The number of Topliss-reactive ketones (excluding diaryl/α,β-unsaturated/α-hetero) is 1. The number of hydrogen-bond acceptors (Lipinski definition) is 6. The van der Waals surface area contributed by atoms with Gasteiger partial charge in [0.25, 0.3) is 5.56 Å². The molecule has 1 aromatic carbocycles. The number of methoxy groups -OCH3 is 2. The Morgan fingerprint density at radius 1 is 1.22 bits per heavy atom. The van der Waals surface area contributed by atoms with Crippen LogP contribution in [-0.4, -0.2) is 29.6 Å². The molecular formula is C20H20N2O4S. The molecule has 0 saturated heterocycles. The molecule has 6 nitrogen and oxygen atoms in total. The lowest BCUT2D eigenvalue weighted by Crippen LogP contribution is -2.25. The number of aromatic nitrogens is 2. The number of hydrogen-bond donors (Lipinski definition) is 0. The Hall–Kier alpha value is -2.67. The molecule has 0 N–H and O–H groups in total. The van der Waals surface area contributed by atoms with E-state index in [1.807, 2.05) is 0 Å². The number of ether oxygens (including phenoxy) is 2. The van der Waals surface area contributed by atoms with E-state index in [1.54, 1.807) is 29.5 Å². The zero-order valence-electron chi connectivity index (χ0n) is 15.3. The molecule has 0 amide bonds. The average Bonchev–Trinajstić information content (AvgIpc) is 3.08. The number of fused-ring (bicyclic) bond motifs is 3. The Morgan fingerprint density at radius 2 is 2.04 bits per heavy atom. The van der Waals surface area contributed by atoms with Crippen LogP contribution in [0.25, 0.3) is 10.2 Å². The maximum absolute atomic E-state index is 13.0. The lowest BCUT2D eigenvalue weighted by atomic mass is 9.97. The predicted octanol–water partition coefficient (Wildman–Crippen LogP) is 3.24. The summed E-state index contributed by atoms with van der Waals surface area (Å²) in [5.41, 5.74) is 1.37. The second-order valence-corrected chi connectivity index (χ2v) is 7.64. The third kappa shape index (κ3) is 3.12. The number of carbonyl (C=O) groups is 1. The first-order valence-corrected chi connectivity index (χ1v) is 9.69. The fourth-order valence-electron chi connectivity index (χ4n) is 3.57. The first-order valence-electron chi connectivity index (χ1n) is 8.87. The number of nitrogens with zero attached hydrogens (tertiary/aromatic N) is 2. The molecule has 0 radical (unpaired) electrons. The molecule has 0 fully saturated rings. The molecular weight excluding hydrogens is 364 g/mol. The summed E-state index contributed by atoms with van der Waals surface area (Å²) in [6.07, 6.45) is 5.63. The molecule has 4 rings (SSSR count). The van der Waals surface area contributed by atoms with E-state index in [-0.39, 0.29) is 17.9 Å². The second kappa shape index (κ2) is 7.15. The van der Waals surface area contributed by atoms with Gasteiger partial charge < -0.3 is 9.47 Å². The molecule has 0 atom stereocenters. The number of ketones is 1. The lowest BCUT2D eigenvalue weighted by Gasteiger charge is -2.11. The Bertz CT molecular complexity index is 1080. The van der Waals surface area contributed by atoms with Crippen LogP contribution in [0.3, 0.4) is 0 Å². The van der Waals surface area contributed by atoms with Gasteiger partial charge in [-0.25, -0.2) is 4.98 Å². The molecule has 0 aliphatic heterocycles. The molecule has 2 heterocycles. The van der Waals surface area contributed by atoms with E-state index < -0.39 is 0 Å². The summed E-state index contributed by atoms with van der Waals surface area (Å²) in [7, 11) is 3.05. The summed E-state index contributed by atoms with van der Waals surface area (Å²) in [5.74, 6) is 0.792. The van der Waals surface area contributed by atoms with Crippen LogP contribution in [0.4, 0.5) is 0 Å². The van der Waals surface area contributed by atoms with Crippen LogP contribution in [-0.2, 0) is 19.4 Å². The number of benzene rings is 1. The lowest BCUT2D eigenvalue weighted by molar-refractivity contribution is 0.0967. The average molecular weight is 384 g/mol. The van der Waals surface area contributed by atoms with Gasteiger partial charge in [-0.05, 0) is 49.4 Å². The fraction of sp³-hybridized carbons (Fsp3) is 0.350. The third-order valence-electron chi connectivity index (χ3n) is 4.96. The Morgan fingerprint density at radius 3 is 2.81 bits per heavy atom. The van der Waals surface area contributed by atoms with Crippen molar-refractivity contribution < 1.29 is 14.3 Å². The van der Waals surface area contributed by atoms with Crippen molar-refractivity contribution in [3.8, 4) is 11.5 Å². The van der Waals surface area contributed by atoms with Crippen molar-refractivity contribution in [1.82, 2.24) is 9.55 Å². The summed E-state index contributed by atoms with van der Waals surface area (Å²) >= 11 is 1.60. The molecule has 1 aliphatic rings. The minimum absolute atomic E-state index is 0.0874. The van der Waals surface area contributed by atoms with Gasteiger partial charge in [0.2, 0.25) is 0 Å². The number of aryl methyl sites for hydroxylation is 2. The highest BCUT2D eigenvalue weighted by molar-refractivity contribution is 7.18. The minimum Gasteiger partial charge on any atom is -0.497 e. The summed E-state index contributed by atoms with van der Waals surface area (Å²) < 4.78 is 11.9. The van der Waals surface area contributed by atoms with Gasteiger partial charge in [0.05, 0.1) is 38.0 Å². The van der Waals surface area contributed by atoms with E-state index in [9.17, 15) is 9.59 Å².